The second-order valence-electron chi connectivity index (χ2n) is 4.29. The van der Waals surface area contributed by atoms with Crippen LogP contribution in [-0.4, -0.2) is 20.3 Å². The first-order valence-electron chi connectivity index (χ1n) is 5.35. The molecular formula is C11H14N4O2S. The molecule has 2 heterocycles. The summed E-state index contributed by atoms with van der Waals surface area (Å²) in [5.74, 6) is 0. The van der Waals surface area contributed by atoms with Gasteiger partial charge in [0.2, 0.25) is 5.13 Å². The predicted molar refractivity (Wildman–Crippen MR) is 68.1 cm³/mol. The second kappa shape index (κ2) is 4.87. The highest BCUT2D eigenvalue weighted by molar-refractivity contribution is 7.16. The lowest BCUT2D eigenvalue weighted by Gasteiger charge is -2.17. The molecule has 0 atom stereocenters. The van der Waals surface area contributed by atoms with Gasteiger partial charge < -0.3 is 15.6 Å². The van der Waals surface area contributed by atoms with Crippen LogP contribution in [0.15, 0.2) is 18.3 Å². The Morgan fingerprint density at radius 1 is 1.39 bits per heavy atom. The highest BCUT2D eigenvalue weighted by atomic mass is 32.1. The van der Waals surface area contributed by atoms with E-state index in [1.165, 1.54) is 11.3 Å². The van der Waals surface area contributed by atoms with Crippen LogP contribution in [0.1, 0.15) is 25.1 Å². The largest absolute Gasteiger partial charge is 0.462 e. The molecule has 0 fully saturated rings. The molecule has 2 aromatic rings. The van der Waals surface area contributed by atoms with Gasteiger partial charge >= 0.3 is 0 Å². The lowest BCUT2D eigenvalue weighted by Crippen LogP contribution is -2.16. The van der Waals surface area contributed by atoms with Gasteiger partial charge in [-0.3, -0.25) is 4.98 Å². The van der Waals surface area contributed by atoms with E-state index < -0.39 is 5.60 Å². The number of ether oxygens (including phenoxy) is 1. The fraction of sp³-hybridized carbons (Fsp3) is 0.364. The van der Waals surface area contributed by atoms with Crippen LogP contribution in [0.25, 0.3) is 0 Å². The van der Waals surface area contributed by atoms with E-state index in [0.717, 1.165) is 11.3 Å². The maximum absolute atomic E-state index is 9.79. The van der Waals surface area contributed by atoms with Crippen molar-refractivity contribution < 1.29 is 9.84 Å². The number of nitrogens with two attached hydrogens (primary N) is 1. The molecule has 2 aromatic heterocycles. The maximum Gasteiger partial charge on any atom is 0.296 e. The Hall–Kier alpha value is -1.73. The molecule has 18 heavy (non-hydrogen) atoms. The Morgan fingerprint density at radius 2 is 2.17 bits per heavy atom. The summed E-state index contributed by atoms with van der Waals surface area (Å²) in [7, 11) is 0. The Kier molecular flexibility index (Phi) is 3.44. The third-order valence-corrected chi connectivity index (χ3v) is 2.96. The van der Waals surface area contributed by atoms with E-state index in [2.05, 4.69) is 15.2 Å². The predicted octanol–water partition coefficient (Wildman–Crippen LogP) is 1.32. The minimum atomic E-state index is -0.889. The van der Waals surface area contributed by atoms with E-state index in [9.17, 15) is 5.11 Å². The van der Waals surface area contributed by atoms with Crippen LogP contribution < -0.4 is 10.5 Å². The smallest absolute Gasteiger partial charge is 0.296 e. The lowest BCUT2D eigenvalue weighted by atomic mass is 10.0. The first-order valence-corrected chi connectivity index (χ1v) is 6.16. The zero-order chi connectivity index (χ0) is 13.2. The summed E-state index contributed by atoms with van der Waals surface area (Å²) in [6.07, 6.45) is 1.63. The summed E-state index contributed by atoms with van der Waals surface area (Å²) in [5.41, 5.74) is 6.05. The van der Waals surface area contributed by atoms with E-state index in [4.69, 9.17) is 10.5 Å². The third-order valence-electron chi connectivity index (χ3n) is 2.30. The second-order valence-corrected chi connectivity index (χ2v) is 5.26. The van der Waals surface area contributed by atoms with Gasteiger partial charge in [-0.25, -0.2) is 0 Å². The molecule has 96 valence electrons. The first-order chi connectivity index (χ1) is 8.45. The maximum atomic E-state index is 9.79. The number of nitrogen functional groups attached to an aromatic ring is 1. The van der Waals surface area contributed by atoms with Crippen LogP contribution in [0.2, 0.25) is 0 Å². The van der Waals surface area contributed by atoms with Gasteiger partial charge in [-0.1, -0.05) is 11.2 Å². The van der Waals surface area contributed by atoms with Gasteiger partial charge in [0.1, 0.15) is 6.61 Å². The summed E-state index contributed by atoms with van der Waals surface area (Å²) < 4.78 is 5.38. The fourth-order valence-electron chi connectivity index (χ4n) is 1.29. The molecule has 6 nitrogen and oxygen atoms in total. The standard InChI is InChI=1S/C11H14N4O2S/c1-11(2,16)7-3-4-8(13-5-7)6-17-10-15-14-9(12)18-10/h3-5,16H,6H2,1-2H3,(H2,12,14). The van der Waals surface area contributed by atoms with Crippen molar-refractivity contribution in [2.45, 2.75) is 26.1 Å². The van der Waals surface area contributed by atoms with Gasteiger partial charge in [-0.15, -0.1) is 5.10 Å². The molecule has 0 aliphatic carbocycles. The van der Waals surface area contributed by atoms with E-state index in [0.29, 0.717) is 16.9 Å². The summed E-state index contributed by atoms with van der Waals surface area (Å²) >= 11 is 1.18. The van der Waals surface area contributed by atoms with Crippen LogP contribution in [0.5, 0.6) is 5.19 Å². The normalized spacial score (nSPS) is 11.5. The molecule has 0 radical (unpaired) electrons. The van der Waals surface area contributed by atoms with E-state index in [1.54, 1.807) is 26.1 Å². The van der Waals surface area contributed by atoms with Crippen LogP contribution in [0.4, 0.5) is 5.13 Å². The van der Waals surface area contributed by atoms with Crippen molar-refractivity contribution in [2.75, 3.05) is 5.73 Å². The molecule has 0 unspecified atom stereocenters. The van der Waals surface area contributed by atoms with Crippen LogP contribution in [0, 0.1) is 0 Å². The van der Waals surface area contributed by atoms with Gasteiger partial charge in [0.15, 0.2) is 0 Å². The first kappa shape index (κ1) is 12.7. The lowest BCUT2D eigenvalue weighted by molar-refractivity contribution is 0.0781. The highest BCUT2D eigenvalue weighted by Gasteiger charge is 2.15. The summed E-state index contributed by atoms with van der Waals surface area (Å²) in [4.78, 5) is 4.21. The molecule has 0 saturated carbocycles. The highest BCUT2D eigenvalue weighted by Crippen LogP contribution is 2.21. The average Bonchev–Trinajstić information content (AvgIpc) is 2.72. The minimum absolute atomic E-state index is 0.292. The molecule has 0 aliphatic heterocycles. The Bertz CT molecular complexity index is 519. The third kappa shape index (κ3) is 3.14. The number of aromatic nitrogens is 3. The number of hydrogen-bond donors (Lipinski definition) is 2. The quantitative estimate of drug-likeness (QED) is 0.866. The van der Waals surface area contributed by atoms with Crippen molar-refractivity contribution in [1.29, 1.82) is 0 Å². The number of anilines is 1. The summed E-state index contributed by atoms with van der Waals surface area (Å²) in [6, 6.07) is 3.62. The molecule has 0 aromatic carbocycles. The van der Waals surface area contributed by atoms with Crippen molar-refractivity contribution in [3.8, 4) is 5.19 Å². The van der Waals surface area contributed by atoms with Gasteiger partial charge in [-0.05, 0) is 31.3 Å². The minimum Gasteiger partial charge on any atom is -0.462 e. The van der Waals surface area contributed by atoms with Gasteiger partial charge in [0.25, 0.3) is 5.19 Å². The number of hydrogen-bond acceptors (Lipinski definition) is 7. The molecule has 0 bridgehead atoms. The average molecular weight is 266 g/mol. The number of pyridine rings is 1. The topological polar surface area (TPSA) is 94.2 Å². The molecule has 0 amide bonds. The molecular weight excluding hydrogens is 252 g/mol. The van der Waals surface area contributed by atoms with Gasteiger partial charge in [0, 0.05) is 11.8 Å². The zero-order valence-corrected chi connectivity index (χ0v) is 10.9. The van der Waals surface area contributed by atoms with Crippen molar-refractivity contribution in [3.05, 3.63) is 29.6 Å². The van der Waals surface area contributed by atoms with E-state index >= 15 is 0 Å². The van der Waals surface area contributed by atoms with Crippen LogP contribution >= 0.6 is 11.3 Å². The van der Waals surface area contributed by atoms with E-state index in [1.807, 2.05) is 6.07 Å². The Balaban J connectivity index is 1.98. The van der Waals surface area contributed by atoms with Crippen LogP contribution in [0.3, 0.4) is 0 Å². The number of nitrogens with zero attached hydrogens (tertiary/aromatic N) is 3. The van der Waals surface area contributed by atoms with Crippen molar-refractivity contribution in [3.63, 3.8) is 0 Å². The SMILES string of the molecule is CC(C)(O)c1ccc(COc2nnc(N)s2)nc1. The monoisotopic (exact) mass is 266 g/mol. The Morgan fingerprint density at radius 3 is 2.67 bits per heavy atom. The Labute approximate surface area is 108 Å². The summed E-state index contributed by atoms with van der Waals surface area (Å²) in [6.45, 7) is 3.72. The van der Waals surface area contributed by atoms with Crippen molar-refractivity contribution in [1.82, 2.24) is 15.2 Å². The molecule has 0 spiro atoms. The molecule has 0 aliphatic rings. The number of aliphatic hydroxyl groups is 1. The van der Waals surface area contributed by atoms with Crippen molar-refractivity contribution in [2.24, 2.45) is 0 Å². The number of rotatable bonds is 4. The summed E-state index contributed by atoms with van der Waals surface area (Å²) in [5, 5.41) is 18.0. The van der Waals surface area contributed by atoms with E-state index in [-0.39, 0.29) is 0 Å². The molecule has 3 N–H and O–H groups in total. The van der Waals surface area contributed by atoms with Crippen LogP contribution in [-0.2, 0) is 12.2 Å². The van der Waals surface area contributed by atoms with Gasteiger partial charge in [-0.2, -0.15) is 0 Å². The fourth-order valence-corrected chi connectivity index (χ4v) is 1.75. The molecule has 2 rings (SSSR count). The molecule has 7 heteroatoms. The molecule has 0 saturated heterocycles. The van der Waals surface area contributed by atoms with Gasteiger partial charge in [0.05, 0.1) is 11.3 Å². The van der Waals surface area contributed by atoms with Crippen molar-refractivity contribution >= 4 is 16.5 Å². The zero-order valence-electron chi connectivity index (χ0n) is 10.1.